The molecule has 1 atom stereocenters. The summed E-state index contributed by atoms with van der Waals surface area (Å²) < 4.78 is 0. The van der Waals surface area contributed by atoms with Crippen LogP contribution in [-0.4, -0.2) is 27.7 Å². The lowest BCUT2D eigenvalue weighted by molar-refractivity contribution is -0.139. The Kier molecular flexibility index (Phi) is 4.90. The van der Waals surface area contributed by atoms with Gasteiger partial charge in [-0.1, -0.05) is 42.1 Å². The summed E-state index contributed by atoms with van der Waals surface area (Å²) in [5.41, 5.74) is 0.351. The first kappa shape index (κ1) is 13.4. The van der Waals surface area contributed by atoms with E-state index in [0.29, 0.717) is 5.56 Å². The molecule has 0 spiro atoms. The molecule has 0 heterocycles. The van der Waals surface area contributed by atoms with Crippen molar-refractivity contribution in [2.75, 3.05) is 5.75 Å². The fraction of sp³-hybridized carbons (Fsp3) is 0.250. The Morgan fingerprint density at radius 2 is 1.82 bits per heavy atom. The maximum atomic E-state index is 11.9. The van der Waals surface area contributed by atoms with Gasteiger partial charge in [0.15, 0.2) is 10.9 Å². The van der Waals surface area contributed by atoms with E-state index in [9.17, 15) is 14.4 Å². The lowest BCUT2D eigenvalue weighted by Crippen LogP contribution is -2.26. The smallest absolute Gasteiger partial charge is 0.315 e. The summed E-state index contributed by atoms with van der Waals surface area (Å²) >= 11 is 0.850. The van der Waals surface area contributed by atoms with E-state index in [2.05, 4.69) is 0 Å². The van der Waals surface area contributed by atoms with E-state index in [1.165, 1.54) is 6.92 Å². The van der Waals surface area contributed by atoms with E-state index < -0.39 is 17.7 Å². The van der Waals surface area contributed by atoms with Crippen molar-refractivity contribution in [3.05, 3.63) is 35.9 Å². The Bertz CT molecular complexity index is 427. The number of carboxylic acids is 1. The van der Waals surface area contributed by atoms with Crippen molar-refractivity contribution in [1.82, 2.24) is 0 Å². The zero-order valence-corrected chi connectivity index (χ0v) is 10.1. The molecule has 0 saturated heterocycles. The fourth-order valence-corrected chi connectivity index (χ4v) is 1.96. The van der Waals surface area contributed by atoms with Crippen molar-refractivity contribution in [1.29, 1.82) is 0 Å². The number of carboxylic acid groups (broad SMARTS) is 1. The number of Topliss-reactive ketones (excluding diaryl/α,β-unsaturated/α-hetero) is 1. The Balaban J connectivity index is 2.81. The second kappa shape index (κ2) is 6.20. The highest BCUT2D eigenvalue weighted by atomic mass is 32.2. The van der Waals surface area contributed by atoms with Crippen LogP contribution >= 0.6 is 11.8 Å². The molecule has 0 fully saturated rings. The van der Waals surface area contributed by atoms with Gasteiger partial charge in [0.1, 0.15) is 5.92 Å². The molecule has 0 bridgehead atoms. The summed E-state index contributed by atoms with van der Waals surface area (Å²) in [6.07, 6.45) is 0. The number of thioether (sulfide) groups is 1. The van der Waals surface area contributed by atoms with Crippen LogP contribution in [0, 0.1) is 5.92 Å². The second-order valence-electron chi connectivity index (χ2n) is 3.42. The molecule has 0 amide bonds. The highest BCUT2D eigenvalue weighted by Crippen LogP contribution is 2.15. The van der Waals surface area contributed by atoms with Crippen LogP contribution < -0.4 is 0 Å². The van der Waals surface area contributed by atoms with Crippen LogP contribution in [0.15, 0.2) is 30.3 Å². The highest BCUT2D eigenvalue weighted by Gasteiger charge is 2.27. The van der Waals surface area contributed by atoms with Gasteiger partial charge >= 0.3 is 5.97 Å². The standard InChI is InChI=1S/C12H12O4S/c1-8(13)17-7-10(12(15)16)11(14)9-5-3-2-4-6-9/h2-6,10H,7H2,1H3,(H,15,16)/t10-/m0/s1. The largest absolute Gasteiger partial charge is 0.481 e. The first-order valence-corrected chi connectivity index (χ1v) is 5.96. The Morgan fingerprint density at radius 3 is 2.29 bits per heavy atom. The summed E-state index contributed by atoms with van der Waals surface area (Å²) in [7, 11) is 0. The van der Waals surface area contributed by atoms with E-state index in [1.54, 1.807) is 30.3 Å². The van der Waals surface area contributed by atoms with Gasteiger partial charge in [0.25, 0.3) is 0 Å². The summed E-state index contributed by atoms with van der Waals surface area (Å²) in [6, 6.07) is 8.22. The summed E-state index contributed by atoms with van der Waals surface area (Å²) in [6.45, 7) is 1.34. The summed E-state index contributed by atoms with van der Waals surface area (Å²) in [5.74, 6) is -2.87. The molecule has 17 heavy (non-hydrogen) atoms. The lowest BCUT2D eigenvalue weighted by Gasteiger charge is -2.09. The molecule has 5 heteroatoms. The summed E-state index contributed by atoms with van der Waals surface area (Å²) in [4.78, 5) is 33.7. The van der Waals surface area contributed by atoms with Crippen molar-refractivity contribution in [3.8, 4) is 0 Å². The number of rotatable bonds is 5. The Morgan fingerprint density at radius 1 is 1.24 bits per heavy atom. The highest BCUT2D eigenvalue weighted by molar-refractivity contribution is 8.13. The average Bonchev–Trinajstić information content (AvgIpc) is 2.29. The molecule has 0 saturated carbocycles. The number of carbonyl (C=O) groups is 3. The molecule has 0 aliphatic carbocycles. The fourth-order valence-electron chi connectivity index (χ4n) is 1.26. The molecule has 1 aromatic rings. The topological polar surface area (TPSA) is 71.4 Å². The maximum Gasteiger partial charge on any atom is 0.315 e. The molecule has 0 aliphatic heterocycles. The minimum atomic E-state index is -1.20. The van der Waals surface area contributed by atoms with Crippen molar-refractivity contribution in [2.45, 2.75) is 6.92 Å². The van der Waals surface area contributed by atoms with Crippen LogP contribution in [0.4, 0.5) is 0 Å². The molecule has 0 radical (unpaired) electrons. The third-order valence-electron chi connectivity index (χ3n) is 2.13. The van der Waals surface area contributed by atoms with Gasteiger partial charge in [0.2, 0.25) is 0 Å². The summed E-state index contributed by atoms with van der Waals surface area (Å²) in [5, 5.41) is 8.78. The van der Waals surface area contributed by atoms with Crippen LogP contribution in [-0.2, 0) is 9.59 Å². The number of aliphatic carboxylic acids is 1. The van der Waals surface area contributed by atoms with Crippen molar-refractivity contribution in [3.63, 3.8) is 0 Å². The number of carbonyl (C=O) groups excluding carboxylic acids is 2. The molecule has 0 aliphatic rings. The molecule has 90 valence electrons. The second-order valence-corrected chi connectivity index (χ2v) is 4.62. The van der Waals surface area contributed by atoms with E-state index in [-0.39, 0.29) is 10.9 Å². The van der Waals surface area contributed by atoms with E-state index >= 15 is 0 Å². The normalized spacial score (nSPS) is 11.8. The number of hydrogen-bond acceptors (Lipinski definition) is 4. The predicted octanol–water partition coefficient (Wildman–Crippen LogP) is 1.85. The monoisotopic (exact) mass is 252 g/mol. The molecular formula is C12H12O4S. The maximum absolute atomic E-state index is 11.9. The van der Waals surface area contributed by atoms with E-state index in [4.69, 9.17) is 5.11 Å². The number of benzene rings is 1. The molecule has 1 rings (SSSR count). The van der Waals surface area contributed by atoms with Gasteiger partial charge < -0.3 is 5.11 Å². The van der Waals surface area contributed by atoms with Crippen molar-refractivity contribution >= 4 is 28.6 Å². The molecular weight excluding hydrogens is 240 g/mol. The third-order valence-corrected chi connectivity index (χ3v) is 3.03. The minimum absolute atomic E-state index is 0.0294. The third kappa shape index (κ3) is 4.03. The van der Waals surface area contributed by atoms with Gasteiger partial charge in [-0.25, -0.2) is 0 Å². The first-order chi connectivity index (χ1) is 8.02. The van der Waals surface area contributed by atoms with Gasteiger partial charge in [-0.3, -0.25) is 14.4 Å². The van der Waals surface area contributed by atoms with Gasteiger partial charge in [-0.15, -0.1) is 0 Å². The van der Waals surface area contributed by atoms with Gasteiger partial charge in [0, 0.05) is 18.2 Å². The molecule has 1 aromatic carbocycles. The van der Waals surface area contributed by atoms with Gasteiger partial charge in [-0.05, 0) is 0 Å². The van der Waals surface area contributed by atoms with Crippen LogP contribution in [0.1, 0.15) is 17.3 Å². The van der Waals surface area contributed by atoms with Crippen LogP contribution in [0.5, 0.6) is 0 Å². The number of hydrogen-bond donors (Lipinski definition) is 1. The Hall–Kier alpha value is -1.62. The van der Waals surface area contributed by atoms with Gasteiger partial charge in [-0.2, -0.15) is 0 Å². The lowest BCUT2D eigenvalue weighted by atomic mass is 9.99. The van der Waals surface area contributed by atoms with E-state index in [0.717, 1.165) is 11.8 Å². The van der Waals surface area contributed by atoms with Crippen LogP contribution in [0.3, 0.4) is 0 Å². The number of ketones is 1. The minimum Gasteiger partial charge on any atom is -0.481 e. The van der Waals surface area contributed by atoms with Crippen molar-refractivity contribution < 1.29 is 19.5 Å². The average molecular weight is 252 g/mol. The molecule has 0 unspecified atom stereocenters. The van der Waals surface area contributed by atoms with E-state index in [1.807, 2.05) is 0 Å². The predicted molar refractivity (Wildman–Crippen MR) is 65.0 cm³/mol. The molecule has 4 nitrogen and oxygen atoms in total. The quantitative estimate of drug-likeness (QED) is 0.639. The van der Waals surface area contributed by atoms with Crippen LogP contribution in [0.2, 0.25) is 0 Å². The Labute approximate surface area is 103 Å². The molecule has 0 aromatic heterocycles. The van der Waals surface area contributed by atoms with Gasteiger partial charge in [0.05, 0.1) is 0 Å². The van der Waals surface area contributed by atoms with Crippen LogP contribution in [0.25, 0.3) is 0 Å². The zero-order chi connectivity index (χ0) is 12.8. The zero-order valence-electron chi connectivity index (χ0n) is 9.25. The first-order valence-electron chi connectivity index (χ1n) is 4.98. The van der Waals surface area contributed by atoms with Crippen molar-refractivity contribution in [2.24, 2.45) is 5.92 Å². The molecule has 1 N–H and O–H groups in total. The SMILES string of the molecule is CC(=O)SC[C@H](C(=O)O)C(=O)c1ccccc1.